The van der Waals surface area contributed by atoms with Gasteiger partial charge in [-0.05, 0) is 90.1 Å². The predicted octanol–water partition coefficient (Wildman–Crippen LogP) is 8.33. The molecule has 1 aliphatic rings. The van der Waals surface area contributed by atoms with E-state index in [9.17, 15) is 0 Å². The molecule has 1 saturated heterocycles. The van der Waals surface area contributed by atoms with Gasteiger partial charge in [-0.15, -0.1) is 11.3 Å². The zero-order valence-corrected chi connectivity index (χ0v) is 21.8. The maximum absolute atomic E-state index is 6.30. The molecule has 0 atom stereocenters. The minimum Gasteiger partial charge on any atom is -0.399 e. The van der Waals surface area contributed by atoms with Crippen molar-refractivity contribution in [2.45, 2.75) is 38.9 Å². The maximum atomic E-state index is 6.30. The van der Waals surface area contributed by atoms with Crippen LogP contribution in [0.25, 0.3) is 52.8 Å². The van der Waals surface area contributed by atoms with Gasteiger partial charge in [-0.2, -0.15) is 0 Å². The lowest BCUT2D eigenvalue weighted by Gasteiger charge is -2.32. The topological polar surface area (TPSA) is 18.5 Å². The Morgan fingerprint density at radius 3 is 2.22 bits per heavy atom. The van der Waals surface area contributed by atoms with Crippen LogP contribution >= 0.6 is 11.3 Å². The fourth-order valence-electron chi connectivity index (χ4n) is 5.32. The van der Waals surface area contributed by atoms with Gasteiger partial charge in [0, 0.05) is 20.2 Å². The number of fused-ring (bicyclic) bond motifs is 5. The summed E-state index contributed by atoms with van der Waals surface area (Å²) >= 11 is 1.87. The largest absolute Gasteiger partial charge is 0.494 e. The van der Waals surface area contributed by atoms with E-state index in [4.69, 9.17) is 9.31 Å². The minimum absolute atomic E-state index is 0.348. The molecule has 5 aromatic carbocycles. The fraction of sp³-hybridized carbons (Fsp3) is 0.188. The second-order valence-corrected chi connectivity index (χ2v) is 12.0. The highest BCUT2D eigenvalue weighted by Crippen LogP contribution is 2.39. The summed E-state index contributed by atoms with van der Waals surface area (Å²) < 4.78 is 15.3. The molecular formula is C32H27BO2S. The van der Waals surface area contributed by atoms with Crippen LogP contribution in [0.1, 0.15) is 27.7 Å². The summed E-state index contributed by atoms with van der Waals surface area (Å²) in [5.41, 5.74) is 2.83. The van der Waals surface area contributed by atoms with Crippen LogP contribution < -0.4 is 5.46 Å². The lowest BCUT2D eigenvalue weighted by atomic mass is 9.78. The summed E-state index contributed by atoms with van der Waals surface area (Å²) in [6, 6.07) is 33.3. The zero-order valence-electron chi connectivity index (χ0n) is 21.0. The lowest BCUT2D eigenvalue weighted by Crippen LogP contribution is -2.41. The second-order valence-electron chi connectivity index (χ2n) is 10.9. The van der Waals surface area contributed by atoms with E-state index in [1.165, 1.54) is 52.8 Å². The first kappa shape index (κ1) is 22.1. The van der Waals surface area contributed by atoms with Crippen molar-refractivity contribution in [1.29, 1.82) is 0 Å². The van der Waals surface area contributed by atoms with E-state index in [-0.39, 0.29) is 18.3 Å². The van der Waals surface area contributed by atoms with Gasteiger partial charge in [0.15, 0.2) is 0 Å². The number of hydrogen-bond acceptors (Lipinski definition) is 3. The number of hydrogen-bond donors (Lipinski definition) is 0. The van der Waals surface area contributed by atoms with Crippen LogP contribution in [0.4, 0.5) is 0 Å². The number of rotatable bonds is 2. The Morgan fingerprint density at radius 1 is 0.583 bits per heavy atom. The molecule has 6 aromatic rings. The summed E-state index contributed by atoms with van der Waals surface area (Å²) in [6.45, 7) is 8.38. The Kier molecular flexibility index (Phi) is 4.69. The van der Waals surface area contributed by atoms with E-state index in [1.54, 1.807) is 0 Å². The molecule has 1 aliphatic heterocycles. The molecule has 7 rings (SSSR count). The van der Waals surface area contributed by atoms with Crippen LogP contribution in [-0.2, 0) is 9.31 Å². The molecule has 0 radical (unpaired) electrons. The standard InChI is InChI=1S/C32H27BO2S/c1-31(2)32(3,4)35-33(34-31)24-14-15-26-21(17-24)8-7-10-25(26)22-13-12-20-19-30-28(18-23(20)16-22)27-9-5-6-11-29(27)36-30/h5-19H,1-4H3. The third kappa shape index (κ3) is 3.32. The molecule has 176 valence electrons. The second kappa shape index (κ2) is 7.66. The highest BCUT2D eigenvalue weighted by Gasteiger charge is 2.51. The quantitative estimate of drug-likeness (QED) is 0.229. The van der Waals surface area contributed by atoms with Gasteiger partial charge in [0.25, 0.3) is 0 Å². The fourth-order valence-corrected chi connectivity index (χ4v) is 6.45. The first-order valence-electron chi connectivity index (χ1n) is 12.5. The van der Waals surface area contributed by atoms with E-state index in [0.29, 0.717) is 0 Å². The molecule has 2 nitrogen and oxygen atoms in total. The Balaban J connectivity index is 1.32. The summed E-state index contributed by atoms with van der Waals surface area (Å²) in [7, 11) is -0.355. The minimum atomic E-state index is -0.355. The summed E-state index contributed by atoms with van der Waals surface area (Å²) in [5, 5.41) is 7.66. The molecule has 1 aromatic heterocycles. The van der Waals surface area contributed by atoms with E-state index >= 15 is 0 Å². The molecule has 2 heterocycles. The lowest BCUT2D eigenvalue weighted by molar-refractivity contribution is 0.00578. The highest BCUT2D eigenvalue weighted by atomic mass is 32.1. The Morgan fingerprint density at radius 2 is 1.39 bits per heavy atom. The molecule has 0 bridgehead atoms. The molecule has 1 fully saturated rings. The third-order valence-electron chi connectivity index (χ3n) is 8.08. The Hall–Kier alpha value is -3.18. The van der Waals surface area contributed by atoms with Gasteiger partial charge < -0.3 is 9.31 Å². The van der Waals surface area contributed by atoms with Crippen LogP contribution in [0, 0.1) is 0 Å². The van der Waals surface area contributed by atoms with Crippen molar-refractivity contribution in [3.63, 3.8) is 0 Å². The predicted molar refractivity (Wildman–Crippen MR) is 155 cm³/mol. The van der Waals surface area contributed by atoms with Gasteiger partial charge >= 0.3 is 7.12 Å². The molecule has 0 unspecified atom stereocenters. The molecule has 0 amide bonds. The van der Waals surface area contributed by atoms with Crippen LogP contribution in [0.15, 0.2) is 91.0 Å². The number of benzene rings is 5. The molecule has 0 saturated carbocycles. The first-order chi connectivity index (χ1) is 17.3. The van der Waals surface area contributed by atoms with E-state index in [0.717, 1.165) is 5.46 Å². The van der Waals surface area contributed by atoms with E-state index < -0.39 is 0 Å². The maximum Gasteiger partial charge on any atom is 0.494 e. The van der Waals surface area contributed by atoms with Crippen molar-refractivity contribution in [2.75, 3.05) is 0 Å². The zero-order chi connectivity index (χ0) is 24.7. The van der Waals surface area contributed by atoms with Gasteiger partial charge in [0.05, 0.1) is 11.2 Å². The molecule has 0 aliphatic carbocycles. The summed E-state index contributed by atoms with van der Waals surface area (Å²) in [5.74, 6) is 0. The number of thiophene rings is 1. The Bertz CT molecular complexity index is 1800. The SMILES string of the molecule is CC1(C)OB(c2ccc3c(-c4ccc5cc6sc7ccccc7c6cc5c4)cccc3c2)OC1(C)C. The van der Waals surface area contributed by atoms with Gasteiger partial charge in [0.2, 0.25) is 0 Å². The molecule has 0 N–H and O–H groups in total. The van der Waals surface area contributed by atoms with Crippen molar-refractivity contribution in [3.8, 4) is 11.1 Å². The van der Waals surface area contributed by atoms with Crippen LogP contribution in [0.5, 0.6) is 0 Å². The Labute approximate surface area is 215 Å². The van der Waals surface area contributed by atoms with E-state index in [1.807, 2.05) is 11.3 Å². The average Bonchev–Trinajstić information content (AvgIpc) is 3.33. The normalized spacial score (nSPS) is 17.1. The summed E-state index contributed by atoms with van der Waals surface area (Å²) in [4.78, 5) is 0. The van der Waals surface area contributed by atoms with Crippen molar-refractivity contribution in [3.05, 3.63) is 91.0 Å². The van der Waals surface area contributed by atoms with Gasteiger partial charge in [-0.25, -0.2) is 0 Å². The van der Waals surface area contributed by atoms with Crippen molar-refractivity contribution in [1.82, 2.24) is 0 Å². The average molecular weight is 486 g/mol. The summed E-state index contributed by atoms with van der Waals surface area (Å²) in [6.07, 6.45) is 0. The van der Waals surface area contributed by atoms with E-state index in [2.05, 4.69) is 119 Å². The van der Waals surface area contributed by atoms with Gasteiger partial charge in [-0.3, -0.25) is 0 Å². The highest BCUT2D eigenvalue weighted by molar-refractivity contribution is 7.25. The molecular weight excluding hydrogens is 459 g/mol. The molecule has 0 spiro atoms. The van der Waals surface area contributed by atoms with Crippen molar-refractivity contribution in [2.24, 2.45) is 0 Å². The van der Waals surface area contributed by atoms with Crippen LogP contribution in [-0.4, -0.2) is 18.3 Å². The first-order valence-corrected chi connectivity index (χ1v) is 13.3. The van der Waals surface area contributed by atoms with Gasteiger partial charge in [0.1, 0.15) is 0 Å². The van der Waals surface area contributed by atoms with Crippen molar-refractivity contribution < 1.29 is 9.31 Å². The van der Waals surface area contributed by atoms with Gasteiger partial charge in [-0.1, -0.05) is 66.7 Å². The van der Waals surface area contributed by atoms with Crippen molar-refractivity contribution >= 4 is 65.6 Å². The van der Waals surface area contributed by atoms with Crippen LogP contribution in [0.3, 0.4) is 0 Å². The third-order valence-corrected chi connectivity index (χ3v) is 9.21. The monoisotopic (exact) mass is 486 g/mol. The molecule has 4 heteroatoms. The smallest absolute Gasteiger partial charge is 0.399 e. The van der Waals surface area contributed by atoms with Crippen LogP contribution in [0.2, 0.25) is 0 Å². The molecule has 36 heavy (non-hydrogen) atoms.